The minimum absolute atomic E-state index is 0. The molecule has 0 saturated carbocycles. The van der Waals surface area contributed by atoms with E-state index in [-0.39, 0.29) is 43.2 Å². The summed E-state index contributed by atoms with van der Waals surface area (Å²) in [7, 11) is 0. The van der Waals surface area contributed by atoms with Crippen LogP contribution in [0.5, 0.6) is 0 Å². The Bertz CT molecular complexity index is 19.2. The largest absolute Gasteiger partial charge is 0.870 e. The van der Waals surface area contributed by atoms with Crippen LogP contribution in [-0.4, -0.2) is 54.7 Å². The second-order valence-corrected chi connectivity index (χ2v) is 2.57. The molecule has 0 aromatic heterocycles. The summed E-state index contributed by atoms with van der Waals surface area (Å²) in [5, 5.41) is 0. The molecule has 0 saturated heterocycles. The van der Waals surface area contributed by atoms with E-state index in [9.17, 15) is 0 Å². The molecule has 0 rings (SSSR count). The Labute approximate surface area is 79.6 Å². The monoisotopic (exact) mass is 148 g/mol. The van der Waals surface area contributed by atoms with E-state index in [0.717, 1.165) is 0 Å². The van der Waals surface area contributed by atoms with Gasteiger partial charge in [0.2, 0.25) is 0 Å². The Morgan fingerprint density at radius 1 is 1.14 bits per heavy atom. The third-order valence-electron chi connectivity index (χ3n) is 0.447. The predicted molar refractivity (Wildman–Crippen MR) is 37.5 cm³/mol. The van der Waals surface area contributed by atoms with Crippen molar-refractivity contribution in [2.24, 2.45) is 0 Å². The average Bonchev–Trinajstić information content (AvgIpc) is 1.41. The zero-order valence-electron chi connectivity index (χ0n) is 5.02. The Kier molecular flexibility index (Phi) is 35.4. The van der Waals surface area contributed by atoms with Gasteiger partial charge in [0.1, 0.15) is 11.5 Å². The molecule has 0 atom stereocenters. The molecule has 0 unspecified atom stereocenters. The molecule has 7 heavy (non-hydrogen) atoms. The van der Waals surface area contributed by atoms with Crippen LogP contribution in [0.1, 0.15) is 13.8 Å². The summed E-state index contributed by atoms with van der Waals surface area (Å²) in [6, 6.07) is 0. The molecule has 1 nitrogen and oxygen atoms in total. The molecular weight excluding hydrogens is 136 g/mol. The summed E-state index contributed by atoms with van der Waals surface area (Å²) in [5.74, 6) is 2.63. The van der Waals surface area contributed by atoms with E-state index in [1.807, 2.05) is 0 Å². The zero-order chi connectivity index (χ0) is 4.12. The first-order valence-corrected chi connectivity index (χ1v) is 3.31. The van der Waals surface area contributed by atoms with E-state index >= 15 is 0 Å². The van der Waals surface area contributed by atoms with Crippen molar-refractivity contribution in [1.29, 1.82) is 0 Å². The van der Waals surface area contributed by atoms with E-state index in [2.05, 4.69) is 13.8 Å². The second-order valence-electron chi connectivity index (χ2n) is 0.856. The van der Waals surface area contributed by atoms with Crippen LogP contribution in [0.15, 0.2) is 0 Å². The summed E-state index contributed by atoms with van der Waals surface area (Å²) in [6.07, 6.45) is 0. The first-order chi connectivity index (χ1) is 2.41. The number of rotatable bonds is 2. The molecule has 0 bridgehead atoms. The summed E-state index contributed by atoms with van der Waals surface area (Å²) >= 11 is 1.58. The molecule has 2 radical (unpaired) electrons. The van der Waals surface area contributed by atoms with Crippen molar-refractivity contribution in [3.05, 3.63) is 0 Å². The van der Waals surface area contributed by atoms with Crippen LogP contribution in [-0.2, 0) is 11.8 Å². The van der Waals surface area contributed by atoms with Gasteiger partial charge < -0.3 is 5.48 Å². The molecule has 0 aliphatic heterocycles. The number of thiol groups is 1. The van der Waals surface area contributed by atoms with Crippen LogP contribution >= 0.6 is 0 Å². The molecule has 1 N–H and O–H groups in total. The third-order valence-corrected chi connectivity index (χ3v) is 1.34. The van der Waals surface area contributed by atoms with Crippen molar-refractivity contribution in [3.63, 3.8) is 0 Å². The fourth-order valence-corrected chi connectivity index (χ4v) is 0.671. The molecule has 42 valence electrons. The fourth-order valence-electron chi connectivity index (χ4n) is 0.224. The van der Waals surface area contributed by atoms with Gasteiger partial charge in [-0.1, -0.05) is 0 Å². The smallest absolute Gasteiger partial charge is 0.103 e. The molecule has 0 aliphatic rings. The maximum absolute atomic E-state index is 2.20. The predicted octanol–water partition coefficient (Wildman–Crippen LogP) is 0.283. The molecule has 0 amide bonds. The van der Waals surface area contributed by atoms with Gasteiger partial charge in [-0.05, 0) is 25.6 Å². The van der Waals surface area contributed by atoms with Crippen LogP contribution in [0, 0.1) is 0 Å². The fraction of sp³-hybridized carbons (Fsp3) is 1.00. The maximum Gasteiger partial charge on any atom is 0.103 e. The van der Waals surface area contributed by atoms with E-state index < -0.39 is 0 Å². The minimum atomic E-state index is 0. The maximum atomic E-state index is 2.20. The topological polar surface area (TPSA) is 30.0 Å². The summed E-state index contributed by atoms with van der Waals surface area (Å²) < 4.78 is 0. The van der Waals surface area contributed by atoms with Crippen LogP contribution in [0.3, 0.4) is 0 Å². The molecule has 0 fully saturated rings. The Hall–Kier alpha value is 1.57. The van der Waals surface area contributed by atoms with Gasteiger partial charge in [-0.3, -0.25) is 0 Å². The number of hydrogen-bond acceptors (Lipinski definition) is 1. The molecule has 0 aliphatic carbocycles. The number of hydrogen-bond donors (Lipinski definition) is 0. The van der Waals surface area contributed by atoms with Gasteiger partial charge in [0.25, 0.3) is 0 Å². The van der Waals surface area contributed by atoms with Crippen molar-refractivity contribution in [1.82, 2.24) is 0 Å². The van der Waals surface area contributed by atoms with Gasteiger partial charge in [0, 0.05) is 37.7 Å². The van der Waals surface area contributed by atoms with Crippen LogP contribution < -0.4 is 0 Å². The SMILES string of the molecule is CC[SH+]CC.[Ca].[OH-]. The standard InChI is InChI=1S/C4H10S.Ca.H2O/c1-3-5-4-2;;/h3-4H2,1-2H3;;1H2. The van der Waals surface area contributed by atoms with E-state index in [0.29, 0.717) is 0 Å². The van der Waals surface area contributed by atoms with E-state index in [1.165, 1.54) is 11.5 Å². The van der Waals surface area contributed by atoms with Gasteiger partial charge in [-0.15, -0.1) is 0 Å². The van der Waals surface area contributed by atoms with E-state index in [1.54, 1.807) is 11.8 Å². The molecule has 0 spiro atoms. The zero-order valence-corrected chi connectivity index (χ0v) is 8.12. The van der Waals surface area contributed by atoms with Crippen molar-refractivity contribution in [2.45, 2.75) is 13.8 Å². The van der Waals surface area contributed by atoms with Gasteiger partial charge in [-0.25, -0.2) is 0 Å². The third kappa shape index (κ3) is 18.4. The van der Waals surface area contributed by atoms with Crippen LogP contribution in [0.2, 0.25) is 0 Å². The van der Waals surface area contributed by atoms with Crippen molar-refractivity contribution in [3.8, 4) is 0 Å². The summed E-state index contributed by atoms with van der Waals surface area (Å²) in [4.78, 5) is 0. The van der Waals surface area contributed by atoms with Gasteiger partial charge in [-0.2, -0.15) is 0 Å². The van der Waals surface area contributed by atoms with Gasteiger partial charge in [0.05, 0.1) is 0 Å². The minimum Gasteiger partial charge on any atom is -0.870 e. The first-order valence-electron chi connectivity index (χ1n) is 2.05. The normalized spacial score (nSPS) is 6.00. The first kappa shape index (κ1) is 15.8. The molecular formula is C4H12CaOS. The molecule has 0 aromatic carbocycles. The van der Waals surface area contributed by atoms with Crippen molar-refractivity contribution in [2.75, 3.05) is 11.5 Å². The quantitative estimate of drug-likeness (QED) is 0.314. The average molecular weight is 148 g/mol. The van der Waals surface area contributed by atoms with Gasteiger partial charge >= 0.3 is 0 Å². The van der Waals surface area contributed by atoms with Crippen LogP contribution in [0.25, 0.3) is 0 Å². The van der Waals surface area contributed by atoms with E-state index in [4.69, 9.17) is 0 Å². The Balaban J connectivity index is -0.0000000800. The molecule has 0 heterocycles. The second kappa shape index (κ2) is 15.6. The Morgan fingerprint density at radius 3 is 1.43 bits per heavy atom. The van der Waals surface area contributed by atoms with Crippen molar-refractivity contribution >= 4 is 49.5 Å². The van der Waals surface area contributed by atoms with Crippen LogP contribution in [0.4, 0.5) is 0 Å². The molecule has 0 aromatic rings. The molecule has 3 heteroatoms. The summed E-state index contributed by atoms with van der Waals surface area (Å²) in [5.41, 5.74) is 0. The van der Waals surface area contributed by atoms with Gasteiger partial charge in [0.15, 0.2) is 0 Å². The van der Waals surface area contributed by atoms with Crippen molar-refractivity contribution < 1.29 is 5.48 Å². The Morgan fingerprint density at radius 2 is 1.43 bits per heavy atom. The summed E-state index contributed by atoms with van der Waals surface area (Å²) in [6.45, 7) is 4.40.